The molecule has 0 spiro atoms. The highest BCUT2D eigenvalue weighted by Crippen LogP contribution is 2.30. The van der Waals surface area contributed by atoms with Crippen molar-refractivity contribution < 1.29 is 18.4 Å². The molecule has 1 saturated heterocycles. The number of allylic oxidation sites excluding steroid dienone is 1. The fraction of sp³-hybridized carbons (Fsp3) is 0.158. The molecule has 0 radical (unpaired) electrons. The molecule has 0 N–H and O–H groups in total. The van der Waals surface area contributed by atoms with E-state index < -0.39 is 11.6 Å². The second-order valence-electron chi connectivity index (χ2n) is 5.54. The third kappa shape index (κ3) is 3.11. The molecule has 1 fully saturated rings. The van der Waals surface area contributed by atoms with Crippen molar-refractivity contribution in [2.24, 2.45) is 0 Å². The first-order valence-electron chi connectivity index (χ1n) is 7.62. The Kier molecular flexibility index (Phi) is 4.51. The largest absolute Gasteiger partial charge is 0.309 e. The van der Waals surface area contributed by atoms with E-state index in [2.05, 4.69) is 0 Å². The molecule has 2 aromatic carbocycles. The van der Waals surface area contributed by atoms with E-state index in [0.29, 0.717) is 42.4 Å². The van der Waals surface area contributed by atoms with Crippen molar-refractivity contribution in [3.8, 4) is 0 Å². The summed E-state index contributed by atoms with van der Waals surface area (Å²) >= 11 is 0. The highest BCUT2D eigenvalue weighted by Gasteiger charge is 2.26. The van der Waals surface area contributed by atoms with Gasteiger partial charge in [0.2, 0.25) is 5.91 Å². The summed E-state index contributed by atoms with van der Waals surface area (Å²) < 4.78 is 26.5. The van der Waals surface area contributed by atoms with Gasteiger partial charge in [0.25, 0.3) is 0 Å². The van der Waals surface area contributed by atoms with Gasteiger partial charge in [0, 0.05) is 18.5 Å². The molecule has 0 atom stereocenters. The zero-order chi connectivity index (χ0) is 17.1. The fourth-order valence-electron chi connectivity index (χ4n) is 2.86. The third-order valence-electron chi connectivity index (χ3n) is 4.00. The minimum atomic E-state index is -0.401. The van der Waals surface area contributed by atoms with Crippen LogP contribution in [0.15, 0.2) is 54.2 Å². The molecule has 2 aromatic rings. The quantitative estimate of drug-likeness (QED) is 0.636. The molecule has 122 valence electrons. The van der Waals surface area contributed by atoms with E-state index in [1.807, 2.05) is 0 Å². The monoisotopic (exact) mass is 327 g/mol. The van der Waals surface area contributed by atoms with E-state index in [1.165, 1.54) is 53.4 Å². The number of rotatable bonds is 4. The topological polar surface area (TPSA) is 37.4 Å². The van der Waals surface area contributed by atoms with Crippen LogP contribution < -0.4 is 0 Å². The minimum Gasteiger partial charge on any atom is -0.309 e. The predicted molar refractivity (Wildman–Crippen MR) is 85.8 cm³/mol. The third-order valence-corrected chi connectivity index (χ3v) is 4.00. The average molecular weight is 327 g/mol. The standard InChI is InChI=1S/C19H15F2NO2/c20-15-7-3-13(4-8-15)19(14-5-9-16(21)10-6-14)17(12-23)22-11-1-2-18(22)24/h3-10,12H,1-2,11H2. The van der Waals surface area contributed by atoms with Crippen molar-refractivity contribution in [3.63, 3.8) is 0 Å². The molecule has 24 heavy (non-hydrogen) atoms. The number of amides is 1. The highest BCUT2D eigenvalue weighted by molar-refractivity contribution is 5.98. The summed E-state index contributed by atoms with van der Waals surface area (Å²) in [6.07, 6.45) is 1.69. The zero-order valence-corrected chi connectivity index (χ0v) is 12.8. The van der Waals surface area contributed by atoms with Crippen molar-refractivity contribution in [2.45, 2.75) is 12.8 Å². The van der Waals surface area contributed by atoms with Gasteiger partial charge in [-0.25, -0.2) is 8.78 Å². The van der Waals surface area contributed by atoms with E-state index in [4.69, 9.17) is 0 Å². The molecule has 1 amide bonds. The Morgan fingerprint density at radius 2 is 1.42 bits per heavy atom. The van der Waals surface area contributed by atoms with E-state index in [-0.39, 0.29) is 11.6 Å². The maximum absolute atomic E-state index is 13.3. The molecule has 3 nitrogen and oxygen atoms in total. The summed E-state index contributed by atoms with van der Waals surface area (Å²) in [5, 5.41) is 0. The van der Waals surface area contributed by atoms with E-state index >= 15 is 0 Å². The second kappa shape index (κ2) is 6.74. The van der Waals surface area contributed by atoms with Gasteiger partial charge in [-0.3, -0.25) is 9.59 Å². The maximum atomic E-state index is 13.3. The van der Waals surface area contributed by atoms with Crippen LogP contribution in [0.25, 0.3) is 5.57 Å². The van der Waals surface area contributed by atoms with Crippen LogP contribution in [-0.2, 0) is 9.59 Å². The van der Waals surface area contributed by atoms with Crippen LogP contribution in [0.3, 0.4) is 0 Å². The minimum absolute atomic E-state index is 0.126. The van der Waals surface area contributed by atoms with Gasteiger partial charge in [-0.2, -0.15) is 0 Å². The predicted octanol–water partition coefficient (Wildman–Crippen LogP) is 3.55. The number of likely N-dealkylation sites (tertiary alicyclic amines) is 1. The number of hydrogen-bond donors (Lipinski definition) is 0. The first-order chi connectivity index (χ1) is 11.6. The Morgan fingerprint density at radius 1 is 0.917 bits per heavy atom. The Bertz CT molecular complexity index is 748. The molecular formula is C19H15F2NO2. The molecule has 0 unspecified atom stereocenters. The van der Waals surface area contributed by atoms with E-state index in [0.717, 1.165) is 0 Å². The summed E-state index contributed by atoms with van der Waals surface area (Å²) in [5.74, 6) is -0.928. The van der Waals surface area contributed by atoms with Crippen LogP contribution in [-0.4, -0.2) is 23.6 Å². The fourth-order valence-corrected chi connectivity index (χ4v) is 2.86. The van der Waals surface area contributed by atoms with Gasteiger partial charge in [0.15, 0.2) is 6.29 Å². The van der Waals surface area contributed by atoms with E-state index in [9.17, 15) is 18.4 Å². The van der Waals surface area contributed by atoms with Crippen LogP contribution in [0.5, 0.6) is 0 Å². The molecule has 5 heteroatoms. The SMILES string of the molecule is O=CC(=C(c1ccc(F)cc1)c1ccc(F)cc1)N1CCCC1=O. The number of halogens is 2. The lowest BCUT2D eigenvalue weighted by atomic mass is 9.95. The first-order valence-corrected chi connectivity index (χ1v) is 7.62. The molecule has 1 heterocycles. The maximum Gasteiger partial charge on any atom is 0.227 e. The van der Waals surface area contributed by atoms with Crippen LogP contribution in [0.1, 0.15) is 24.0 Å². The molecule has 0 aliphatic carbocycles. The summed E-state index contributed by atoms with van der Waals surface area (Å²) in [5.41, 5.74) is 1.88. The zero-order valence-electron chi connectivity index (χ0n) is 12.8. The van der Waals surface area contributed by atoms with Crippen molar-refractivity contribution in [3.05, 3.63) is 77.0 Å². The molecule has 3 rings (SSSR count). The highest BCUT2D eigenvalue weighted by atomic mass is 19.1. The van der Waals surface area contributed by atoms with Gasteiger partial charge in [-0.15, -0.1) is 0 Å². The first kappa shape index (κ1) is 16.1. The summed E-state index contributed by atoms with van der Waals surface area (Å²) in [7, 11) is 0. The van der Waals surface area contributed by atoms with Crippen molar-refractivity contribution in [1.29, 1.82) is 0 Å². The Hall–Kier alpha value is -2.82. The van der Waals surface area contributed by atoms with E-state index in [1.54, 1.807) is 0 Å². The van der Waals surface area contributed by atoms with Crippen LogP contribution in [0.2, 0.25) is 0 Å². The van der Waals surface area contributed by atoms with Crippen molar-refractivity contribution >= 4 is 17.8 Å². The number of nitrogens with zero attached hydrogens (tertiary/aromatic N) is 1. The summed E-state index contributed by atoms with van der Waals surface area (Å²) in [6, 6.07) is 11.3. The Labute approximate surface area is 138 Å². The number of carbonyl (C=O) groups is 2. The van der Waals surface area contributed by atoms with Gasteiger partial charge in [0.05, 0.1) is 5.70 Å². The molecular weight excluding hydrogens is 312 g/mol. The van der Waals surface area contributed by atoms with Crippen molar-refractivity contribution in [1.82, 2.24) is 4.90 Å². The number of benzene rings is 2. The van der Waals surface area contributed by atoms with Crippen LogP contribution >= 0.6 is 0 Å². The molecule has 1 aliphatic rings. The van der Waals surface area contributed by atoms with Crippen LogP contribution in [0, 0.1) is 11.6 Å². The smallest absolute Gasteiger partial charge is 0.227 e. The number of aldehydes is 1. The van der Waals surface area contributed by atoms with Gasteiger partial charge < -0.3 is 4.90 Å². The van der Waals surface area contributed by atoms with Gasteiger partial charge in [-0.1, -0.05) is 24.3 Å². The summed E-state index contributed by atoms with van der Waals surface area (Å²) in [6.45, 7) is 0.457. The number of hydrogen-bond acceptors (Lipinski definition) is 2. The lowest BCUT2D eigenvalue weighted by molar-refractivity contribution is -0.127. The average Bonchev–Trinajstić information content (AvgIpc) is 3.01. The van der Waals surface area contributed by atoms with Gasteiger partial charge in [0.1, 0.15) is 11.6 Å². The van der Waals surface area contributed by atoms with Crippen molar-refractivity contribution in [2.75, 3.05) is 6.54 Å². The van der Waals surface area contributed by atoms with Gasteiger partial charge >= 0.3 is 0 Å². The molecule has 1 aliphatic heterocycles. The molecule has 0 bridgehead atoms. The van der Waals surface area contributed by atoms with Crippen LogP contribution in [0.4, 0.5) is 8.78 Å². The normalized spacial score (nSPS) is 13.9. The Morgan fingerprint density at radius 3 is 1.79 bits per heavy atom. The molecule has 0 saturated carbocycles. The summed E-state index contributed by atoms with van der Waals surface area (Å²) in [4.78, 5) is 25.3. The van der Waals surface area contributed by atoms with Gasteiger partial charge in [-0.05, 0) is 41.8 Å². The Balaban J connectivity index is 2.21. The lowest BCUT2D eigenvalue weighted by Gasteiger charge is -2.20. The lowest BCUT2D eigenvalue weighted by Crippen LogP contribution is -2.26. The molecule has 0 aromatic heterocycles. The number of carbonyl (C=O) groups excluding carboxylic acids is 2. The second-order valence-corrected chi connectivity index (χ2v) is 5.54.